The number of nitrogens with zero attached hydrogens (tertiary/aromatic N) is 1. The lowest BCUT2D eigenvalue weighted by Crippen LogP contribution is -2.36. The second-order valence-corrected chi connectivity index (χ2v) is 5.71. The largest absolute Gasteiger partial charge is 0.462 e. The van der Waals surface area contributed by atoms with Gasteiger partial charge in [-0.05, 0) is 25.1 Å². The number of hydrogen-bond acceptors (Lipinski definition) is 8. The van der Waals surface area contributed by atoms with E-state index in [1.54, 1.807) is 25.4 Å². The Morgan fingerprint density at radius 3 is 2.93 bits per heavy atom. The second kappa shape index (κ2) is 8.02. The summed E-state index contributed by atoms with van der Waals surface area (Å²) in [7, 11) is 0. The summed E-state index contributed by atoms with van der Waals surface area (Å²) in [5.41, 5.74) is 0.993. The fraction of sp³-hybridized carbons (Fsp3) is 0.278. The van der Waals surface area contributed by atoms with E-state index in [1.165, 1.54) is 6.08 Å². The first-order valence-electron chi connectivity index (χ1n) is 8.35. The minimum atomic E-state index is -0.844. The van der Waals surface area contributed by atoms with Crippen LogP contribution in [0.5, 0.6) is 0 Å². The Morgan fingerprint density at radius 2 is 2.22 bits per heavy atom. The number of H-pyrrole nitrogens is 1. The maximum Gasteiger partial charge on any atom is 0.347 e. The van der Waals surface area contributed by atoms with Crippen LogP contribution in [0.15, 0.2) is 41.7 Å². The van der Waals surface area contributed by atoms with Gasteiger partial charge in [-0.2, -0.15) is 0 Å². The summed E-state index contributed by atoms with van der Waals surface area (Å²) in [5.74, 6) is -1.73. The molecule has 0 amide bonds. The number of ketones is 1. The van der Waals surface area contributed by atoms with Gasteiger partial charge < -0.3 is 30.0 Å². The van der Waals surface area contributed by atoms with E-state index < -0.39 is 31.0 Å². The van der Waals surface area contributed by atoms with Gasteiger partial charge in [0, 0.05) is 23.3 Å². The van der Waals surface area contributed by atoms with Crippen LogP contribution in [0.25, 0.3) is 17.1 Å². The van der Waals surface area contributed by atoms with Crippen LogP contribution in [-0.2, 0) is 19.1 Å². The van der Waals surface area contributed by atoms with Crippen LogP contribution in [0.1, 0.15) is 12.5 Å². The Bertz CT molecular complexity index is 926. The summed E-state index contributed by atoms with van der Waals surface area (Å²) in [4.78, 5) is 32.1. The van der Waals surface area contributed by atoms with Crippen LogP contribution in [-0.4, -0.2) is 57.8 Å². The van der Waals surface area contributed by atoms with E-state index in [9.17, 15) is 19.8 Å². The fourth-order valence-electron chi connectivity index (χ4n) is 2.59. The molecule has 0 radical (unpaired) electrons. The third kappa shape index (κ3) is 3.69. The van der Waals surface area contributed by atoms with Crippen LogP contribution < -0.4 is 5.32 Å². The summed E-state index contributed by atoms with van der Waals surface area (Å²) >= 11 is 0. The molecule has 0 atom stereocenters. The molecule has 2 aromatic heterocycles. The van der Waals surface area contributed by atoms with Gasteiger partial charge in [-0.15, -0.1) is 0 Å². The molecule has 0 aliphatic carbocycles. The van der Waals surface area contributed by atoms with Crippen molar-refractivity contribution in [2.24, 2.45) is 0 Å². The smallest absolute Gasteiger partial charge is 0.347 e. The Kier molecular flexibility index (Phi) is 5.53. The number of hydrogen-bond donors (Lipinski definition) is 4. The van der Waals surface area contributed by atoms with Gasteiger partial charge in [0.05, 0.1) is 25.9 Å². The van der Waals surface area contributed by atoms with Crippen molar-refractivity contribution in [2.75, 3.05) is 19.8 Å². The lowest BCUT2D eigenvalue weighted by molar-refractivity contribution is -0.139. The van der Waals surface area contributed by atoms with Crippen molar-refractivity contribution in [3.8, 4) is 0 Å². The van der Waals surface area contributed by atoms with Crippen LogP contribution >= 0.6 is 0 Å². The number of aliphatic hydroxyl groups excluding tert-OH is 2. The zero-order chi connectivity index (χ0) is 19.4. The molecule has 0 saturated carbocycles. The van der Waals surface area contributed by atoms with E-state index >= 15 is 0 Å². The van der Waals surface area contributed by atoms with Gasteiger partial charge in [-0.3, -0.25) is 4.79 Å². The number of ether oxygens (including phenoxy) is 2. The predicted molar refractivity (Wildman–Crippen MR) is 94.9 cm³/mol. The molecule has 27 heavy (non-hydrogen) atoms. The van der Waals surface area contributed by atoms with Crippen molar-refractivity contribution in [2.45, 2.75) is 13.0 Å². The highest BCUT2D eigenvalue weighted by Crippen LogP contribution is 2.28. The summed E-state index contributed by atoms with van der Waals surface area (Å²) in [5, 5.41) is 21.9. The lowest BCUT2D eigenvalue weighted by atomic mass is 10.1. The third-order valence-electron chi connectivity index (χ3n) is 3.92. The summed E-state index contributed by atoms with van der Waals surface area (Å²) < 4.78 is 10.5. The Labute approximate surface area is 154 Å². The van der Waals surface area contributed by atoms with Crippen molar-refractivity contribution in [3.05, 3.63) is 47.3 Å². The first-order chi connectivity index (χ1) is 13.1. The third-order valence-corrected chi connectivity index (χ3v) is 3.92. The molecule has 0 fully saturated rings. The standard InChI is InChI=1S/C18H19N3O6/c1-2-26-18(25)14-15(24)13(27-17(14)21-11(8-22)9-23)6-10-7-20-16-12(10)4-3-5-19-16/h3-7,11,21-23H,2,8-9H2,1H3,(H,19,20). The molecule has 1 aliphatic rings. The summed E-state index contributed by atoms with van der Waals surface area (Å²) in [6, 6.07) is 2.79. The Morgan fingerprint density at radius 1 is 1.44 bits per heavy atom. The first-order valence-corrected chi connectivity index (χ1v) is 8.35. The minimum Gasteiger partial charge on any atom is -0.462 e. The second-order valence-electron chi connectivity index (χ2n) is 5.71. The lowest BCUT2D eigenvalue weighted by Gasteiger charge is -2.15. The van der Waals surface area contributed by atoms with E-state index in [4.69, 9.17) is 9.47 Å². The van der Waals surface area contributed by atoms with Crippen molar-refractivity contribution in [1.82, 2.24) is 15.3 Å². The van der Waals surface area contributed by atoms with Gasteiger partial charge in [0.1, 0.15) is 5.65 Å². The molecule has 1 aliphatic heterocycles. The number of nitrogens with one attached hydrogen (secondary N) is 2. The zero-order valence-electron chi connectivity index (χ0n) is 14.6. The molecule has 9 nitrogen and oxygen atoms in total. The molecule has 0 unspecified atom stereocenters. The van der Waals surface area contributed by atoms with Gasteiger partial charge >= 0.3 is 5.97 Å². The molecule has 0 spiro atoms. The van der Waals surface area contributed by atoms with E-state index in [1.807, 2.05) is 6.07 Å². The van der Waals surface area contributed by atoms with Crippen molar-refractivity contribution in [3.63, 3.8) is 0 Å². The number of aliphatic hydroxyl groups is 2. The molecule has 0 aromatic carbocycles. The van der Waals surface area contributed by atoms with Crippen molar-refractivity contribution in [1.29, 1.82) is 0 Å². The zero-order valence-corrected chi connectivity index (χ0v) is 14.6. The Hall–Kier alpha value is -3.17. The molecule has 3 rings (SSSR count). The highest BCUT2D eigenvalue weighted by atomic mass is 16.5. The van der Waals surface area contributed by atoms with E-state index in [-0.39, 0.29) is 23.8 Å². The molecule has 0 saturated heterocycles. The highest BCUT2D eigenvalue weighted by molar-refractivity contribution is 6.26. The van der Waals surface area contributed by atoms with E-state index in [2.05, 4.69) is 15.3 Å². The van der Waals surface area contributed by atoms with Crippen LogP contribution in [0.2, 0.25) is 0 Å². The molecule has 0 bridgehead atoms. The molecule has 3 heterocycles. The van der Waals surface area contributed by atoms with Crippen LogP contribution in [0.3, 0.4) is 0 Å². The fourth-order valence-corrected chi connectivity index (χ4v) is 2.59. The first kappa shape index (κ1) is 18.6. The summed E-state index contributed by atoms with van der Waals surface area (Å²) in [6.45, 7) is 0.868. The van der Waals surface area contributed by atoms with E-state index in [0.29, 0.717) is 11.2 Å². The maximum atomic E-state index is 12.7. The number of fused-ring (bicyclic) bond motifs is 1. The van der Waals surface area contributed by atoms with Crippen LogP contribution in [0.4, 0.5) is 0 Å². The number of carbonyl (C=O) groups excluding carboxylic acids is 2. The SMILES string of the molecule is CCOC(=O)C1=C(NC(CO)CO)OC(=Cc2c[nH]c3ncccc23)C1=O. The average Bonchev–Trinajstić information content (AvgIpc) is 3.21. The van der Waals surface area contributed by atoms with Crippen molar-refractivity contribution >= 4 is 28.9 Å². The number of Topliss-reactive ketones (excluding diaryl/α,β-unsaturated/α-hetero) is 1. The number of aromatic nitrogens is 2. The van der Waals surface area contributed by atoms with Gasteiger partial charge in [0.25, 0.3) is 0 Å². The quantitative estimate of drug-likeness (QED) is 0.308. The molecular formula is C18H19N3O6. The van der Waals surface area contributed by atoms with Crippen LogP contribution in [0, 0.1) is 0 Å². The molecule has 142 valence electrons. The number of rotatable bonds is 7. The molecule has 4 N–H and O–H groups in total. The minimum absolute atomic E-state index is 0.0828. The summed E-state index contributed by atoms with van der Waals surface area (Å²) in [6.07, 6.45) is 4.80. The molecule has 9 heteroatoms. The van der Waals surface area contributed by atoms with Gasteiger partial charge in [0.2, 0.25) is 11.7 Å². The van der Waals surface area contributed by atoms with Gasteiger partial charge in [0.15, 0.2) is 11.3 Å². The number of aromatic amines is 1. The monoisotopic (exact) mass is 373 g/mol. The predicted octanol–water partition coefficient (Wildman–Crippen LogP) is 0.221. The topological polar surface area (TPSA) is 134 Å². The Balaban J connectivity index is 1.96. The number of allylic oxidation sites excluding steroid dienone is 1. The number of carbonyl (C=O) groups is 2. The molecule has 2 aromatic rings. The number of esters is 1. The normalized spacial score (nSPS) is 15.7. The number of pyridine rings is 1. The van der Waals surface area contributed by atoms with Crippen molar-refractivity contribution < 1.29 is 29.3 Å². The average molecular weight is 373 g/mol. The van der Waals surface area contributed by atoms with Gasteiger partial charge in [-0.1, -0.05) is 0 Å². The van der Waals surface area contributed by atoms with Gasteiger partial charge in [-0.25, -0.2) is 9.78 Å². The van der Waals surface area contributed by atoms with E-state index in [0.717, 1.165) is 5.39 Å². The maximum absolute atomic E-state index is 12.7. The molecular weight excluding hydrogens is 354 g/mol. The highest BCUT2D eigenvalue weighted by Gasteiger charge is 2.37.